The highest BCUT2D eigenvalue weighted by molar-refractivity contribution is 6.30. The van der Waals surface area contributed by atoms with Gasteiger partial charge in [0, 0.05) is 5.02 Å². The number of aryl methyl sites for hydroxylation is 1. The summed E-state index contributed by atoms with van der Waals surface area (Å²) in [5, 5.41) is 0.749. The van der Waals surface area contributed by atoms with Crippen LogP contribution in [0.15, 0.2) is 18.2 Å². The highest BCUT2D eigenvalue weighted by Crippen LogP contribution is 2.25. The Morgan fingerprint density at radius 1 is 1.23 bits per heavy atom. The molecule has 0 amide bonds. The lowest BCUT2D eigenvalue weighted by atomic mass is 10.1. The molecule has 0 heterocycles. The van der Waals surface area contributed by atoms with Crippen molar-refractivity contribution in [1.29, 1.82) is 0 Å². The van der Waals surface area contributed by atoms with Gasteiger partial charge in [0.05, 0.1) is 0 Å². The number of hydrogen-bond donors (Lipinski definition) is 0. The van der Waals surface area contributed by atoms with E-state index in [-0.39, 0.29) is 5.60 Å². The van der Waals surface area contributed by atoms with Gasteiger partial charge in [-0.1, -0.05) is 11.6 Å². The molecule has 0 aliphatic heterocycles. The number of ether oxygens (including phenoxy) is 1. The summed E-state index contributed by atoms with van der Waals surface area (Å²) in [6.45, 7) is 8.08. The summed E-state index contributed by atoms with van der Waals surface area (Å²) < 4.78 is 5.73. The van der Waals surface area contributed by atoms with Crippen LogP contribution in [0.4, 0.5) is 0 Å². The van der Waals surface area contributed by atoms with Crippen LogP contribution < -0.4 is 4.74 Å². The van der Waals surface area contributed by atoms with E-state index in [0.717, 1.165) is 16.3 Å². The minimum Gasteiger partial charge on any atom is -0.488 e. The Hall–Kier alpha value is -0.690. The van der Waals surface area contributed by atoms with E-state index in [1.54, 1.807) is 0 Å². The molecule has 72 valence electrons. The second kappa shape index (κ2) is 3.59. The van der Waals surface area contributed by atoms with Crippen LogP contribution in [0.25, 0.3) is 0 Å². The molecule has 0 radical (unpaired) electrons. The van der Waals surface area contributed by atoms with Crippen LogP contribution in [-0.2, 0) is 0 Å². The van der Waals surface area contributed by atoms with Crippen molar-refractivity contribution in [3.05, 3.63) is 28.8 Å². The van der Waals surface area contributed by atoms with Gasteiger partial charge in [-0.25, -0.2) is 0 Å². The first kappa shape index (κ1) is 10.4. The van der Waals surface area contributed by atoms with Crippen LogP contribution in [0.1, 0.15) is 26.3 Å². The van der Waals surface area contributed by atoms with E-state index < -0.39 is 0 Å². The molecule has 1 aromatic carbocycles. The molecule has 0 saturated heterocycles. The molecule has 0 aliphatic carbocycles. The maximum Gasteiger partial charge on any atom is 0.123 e. The maximum absolute atomic E-state index is 5.83. The van der Waals surface area contributed by atoms with Crippen LogP contribution in [-0.4, -0.2) is 5.60 Å². The van der Waals surface area contributed by atoms with Crippen LogP contribution in [0.2, 0.25) is 5.02 Å². The zero-order chi connectivity index (χ0) is 10.1. The molecule has 0 atom stereocenters. The zero-order valence-electron chi connectivity index (χ0n) is 8.52. The zero-order valence-corrected chi connectivity index (χ0v) is 9.27. The highest BCUT2D eigenvalue weighted by Gasteiger charge is 2.12. The molecule has 13 heavy (non-hydrogen) atoms. The minimum absolute atomic E-state index is 0.154. The van der Waals surface area contributed by atoms with Gasteiger partial charge in [-0.15, -0.1) is 0 Å². The molecular weight excluding hydrogens is 184 g/mol. The molecule has 0 aliphatic rings. The fraction of sp³-hybridized carbons (Fsp3) is 0.455. The van der Waals surface area contributed by atoms with Gasteiger partial charge in [0.1, 0.15) is 11.4 Å². The van der Waals surface area contributed by atoms with Gasteiger partial charge >= 0.3 is 0 Å². The lowest BCUT2D eigenvalue weighted by Gasteiger charge is -2.22. The van der Waals surface area contributed by atoms with Gasteiger partial charge in [-0.05, 0) is 51.5 Å². The quantitative estimate of drug-likeness (QED) is 0.667. The molecule has 1 nitrogen and oxygen atoms in total. The molecule has 0 saturated carbocycles. The van der Waals surface area contributed by atoms with E-state index in [2.05, 4.69) is 0 Å². The Kier molecular flexibility index (Phi) is 2.87. The fourth-order valence-corrected chi connectivity index (χ4v) is 1.28. The van der Waals surface area contributed by atoms with Crippen LogP contribution in [0, 0.1) is 6.92 Å². The molecule has 1 aromatic rings. The first-order chi connectivity index (χ1) is 5.88. The summed E-state index contributed by atoms with van der Waals surface area (Å²) in [5.74, 6) is 0.900. The Bertz CT molecular complexity index is 299. The Morgan fingerprint density at radius 2 is 1.85 bits per heavy atom. The smallest absolute Gasteiger partial charge is 0.123 e. The average molecular weight is 199 g/mol. The van der Waals surface area contributed by atoms with Gasteiger partial charge in [0.15, 0.2) is 0 Å². The molecule has 1 rings (SSSR count). The van der Waals surface area contributed by atoms with Crippen LogP contribution in [0.5, 0.6) is 5.75 Å². The molecule has 0 aromatic heterocycles. The molecule has 0 N–H and O–H groups in total. The second-order valence-electron chi connectivity index (χ2n) is 4.12. The normalized spacial score (nSPS) is 11.5. The number of benzene rings is 1. The summed E-state index contributed by atoms with van der Waals surface area (Å²) >= 11 is 5.83. The van der Waals surface area contributed by atoms with Crippen molar-refractivity contribution in [3.63, 3.8) is 0 Å². The predicted octanol–water partition coefficient (Wildman–Crippen LogP) is 3.83. The minimum atomic E-state index is -0.154. The molecule has 0 unspecified atom stereocenters. The van der Waals surface area contributed by atoms with E-state index >= 15 is 0 Å². The summed E-state index contributed by atoms with van der Waals surface area (Å²) in [6.07, 6.45) is 0. The van der Waals surface area contributed by atoms with Crippen LogP contribution >= 0.6 is 11.6 Å². The van der Waals surface area contributed by atoms with Crippen molar-refractivity contribution in [2.24, 2.45) is 0 Å². The van der Waals surface area contributed by atoms with Crippen LogP contribution in [0.3, 0.4) is 0 Å². The summed E-state index contributed by atoms with van der Waals surface area (Å²) in [5.41, 5.74) is 0.918. The van der Waals surface area contributed by atoms with Crippen molar-refractivity contribution >= 4 is 11.6 Å². The maximum atomic E-state index is 5.83. The van der Waals surface area contributed by atoms with Gasteiger partial charge in [-0.3, -0.25) is 0 Å². The van der Waals surface area contributed by atoms with Gasteiger partial charge in [-0.2, -0.15) is 0 Å². The number of halogens is 1. The Morgan fingerprint density at radius 3 is 2.31 bits per heavy atom. The first-order valence-electron chi connectivity index (χ1n) is 4.34. The van der Waals surface area contributed by atoms with E-state index in [0.29, 0.717) is 0 Å². The number of rotatable bonds is 1. The third-order valence-electron chi connectivity index (χ3n) is 1.55. The van der Waals surface area contributed by atoms with Crippen molar-refractivity contribution in [2.45, 2.75) is 33.3 Å². The summed E-state index contributed by atoms with van der Waals surface area (Å²) in [4.78, 5) is 0. The standard InChI is InChI=1S/C11H15ClO/c1-8-7-9(12)5-6-10(8)13-11(2,3)4/h5-7H,1-4H3. The van der Waals surface area contributed by atoms with Crippen molar-refractivity contribution in [2.75, 3.05) is 0 Å². The van der Waals surface area contributed by atoms with E-state index in [1.165, 1.54) is 0 Å². The highest BCUT2D eigenvalue weighted by atomic mass is 35.5. The molecule has 0 spiro atoms. The van der Waals surface area contributed by atoms with E-state index in [1.807, 2.05) is 45.9 Å². The topological polar surface area (TPSA) is 9.23 Å². The van der Waals surface area contributed by atoms with Gasteiger partial charge < -0.3 is 4.74 Å². The Labute approximate surface area is 84.7 Å². The van der Waals surface area contributed by atoms with E-state index in [9.17, 15) is 0 Å². The first-order valence-corrected chi connectivity index (χ1v) is 4.71. The molecule has 0 fully saturated rings. The van der Waals surface area contributed by atoms with Crippen molar-refractivity contribution in [1.82, 2.24) is 0 Å². The van der Waals surface area contributed by atoms with Gasteiger partial charge in [0.25, 0.3) is 0 Å². The Balaban J connectivity index is 2.90. The average Bonchev–Trinajstić information content (AvgIpc) is 1.93. The second-order valence-corrected chi connectivity index (χ2v) is 4.56. The van der Waals surface area contributed by atoms with E-state index in [4.69, 9.17) is 16.3 Å². The fourth-order valence-electron chi connectivity index (χ4n) is 1.06. The monoisotopic (exact) mass is 198 g/mol. The summed E-state index contributed by atoms with van der Waals surface area (Å²) in [6, 6.07) is 5.65. The van der Waals surface area contributed by atoms with Crippen molar-refractivity contribution < 1.29 is 4.74 Å². The molecular formula is C11H15ClO. The molecule has 2 heteroatoms. The lowest BCUT2D eigenvalue weighted by Crippen LogP contribution is -2.23. The largest absolute Gasteiger partial charge is 0.488 e. The lowest BCUT2D eigenvalue weighted by molar-refractivity contribution is 0.130. The van der Waals surface area contributed by atoms with Gasteiger partial charge in [0.2, 0.25) is 0 Å². The number of hydrogen-bond acceptors (Lipinski definition) is 1. The van der Waals surface area contributed by atoms with Crippen molar-refractivity contribution in [3.8, 4) is 5.75 Å². The SMILES string of the molecule is Cc1cc(Cl)ccc1OC(C)(C)C. The third kappa shape index (κ3) is 3.27. The predicted molar refractivity (Wildman–Crippen MR) is 56.6 cm³/mol. The summed E-state index contributed by atoms with van der Waals surface area (Å²) in [7, 11) is 0. The third-order valence-corrected chi connectivity index (χ3v) is 1.79. The molecule has 0 bridgehead atoms.